The van der Waals surface area contributed by atoms with Gasteiger partial charge in [-0.05, 0) is 6.92 Å². The fourth-order valence-electron chi connectivity index (χ4n) is 2.03. The van der Waals surface area contributed by atoms with E-state index in [1.54, 1.807) is 18.9 Å². The second kappa shape index (κ2) is 7.69. The third-order valence-electron chi connectivity index (χ3n) is 2.99. The van der Waals surface area contributed by atoms with Crippen molar-refractivity contribution in [1.82, 2.24) is 10.2 Å². The maximum Gasteiger partial charge on any atom is 0.164 e. The van der Waals surface area contributed by atoms with E-state index in [0.717, 1.165) is 25.4 Å². The van der Waals surface area contributed by atoms with Gasteiger partial charge in [0.05, 0.1) is 6.61 Å². The Balaban J connectivity index is 2.39. The zero-order valence-electron chi connectivity index (χ0n) is 11.4. The van der Waals surface area contributed by atoms with Crippen LogP contribution in [0.2, 0.25) is 0 Å². The summed E-state index contributed by atoms with van der Waals surface area (Å²) in [4.78, 5) is 2.07. The lowest BCUT2D eigenvalue weighted by Gasteiger charge is -2.34. The molecule has 0 aromatic rings. The molecular weight excluding hydrogens is 272 g/mol. The summed E-state index contributed by atoms with van der Waals surface area (Å²) in [7, 11) is -1.30. The molecule has 1 fully saturated rings. The lowest BCUT2D eigenvalue weighted by atomic mass is 10.3. The second-order valence-corrected chi connectivity index (χ2v) is 8.06. The minimum atomic E-state index is -2.98. The Morgan fingerprint density at radius 1 is 1.56 bits per heavy atom. The van der Waals surface area contributed by atoms with Crippen molar-refractivity contribution in [3.8, 4) is 0 Å². The SMILES string of the molecule is COCC(C)NCCN1CCSCC1S(C)(=O)=O. The Morgan fingerprint density at radius 3 is 2.89 bits per heavy atom. The molecule has 2 unspecified atom stereocenters. The number of ether oxygens (including phenoxy) is 1. The Hall–Kier alpha value is 0.180. The monoisotopic (exact) mass is 296 g/mol. The third-order valence-corrected chi connectivity index (χ3v) is 5.68. The molecule has 1 N–H and O–H groups in total. The third kappa shape index (κ3) is 5.44. The maximum absolute atomic E-state index is 11.7. The molecule has 1 rings (SSSR count). The predicted molar refractivity (Wildman–Crippen MR) is 76.9 cm³/mol. The second-order valence-electron chi connectivity index (χ2n) is 4.71. The number of methoxy groups -OCH3 is 1. The summed E-state index contributed by atoms with van der Waals surface area (Å²) in [6.07, 6.45) is 1.33. The molecule has 1 heterocycles. The molecule has 0 aliphatic carbocycles. The van der Waals surface area contributed by atoms with Crippen molar-refractivity contribution in [2.24, 2.45) is 0 Å². The molecule has 5 nitrogen and oxygen atoms in total. The van der Waals surface area contributed by atoms with Crippen LogP contribution in [0.15, 0.2) is 0 Å². The first-order valence-electron chi connectivity index (χ1n) is 6.18. The van der Waals surface area contributed by atoms with E-state index in [2.05, 4.69) is 17.1 Å². The summed E-state index contributed by atoms with van der Waals surface area (Å²) < 4.78 is 28.4. The predicted octanol–water partition coefficient (Wildman–Crippen LogP) is 0.0304. The molecule has 108 valence electrons. The van der Waals surface area contributed by atoms with Crippen LogP contribution in [0.25, 0.3) is 0 Å². The quantitative estimate of drug-likeness (QED) is 0.715. The highest BCUT2D eigenvalue weighted by molar-refractivity contribution is 8.00. The maximum atomic E-state index is 11.7. The summed E-state index contributed by atoms with van der Waals surface area (Å²) >= 11 is 1.72. The van der Waals surface area contributed by atoms with E-state index in [9.17, 15) is 8.42 Å². The van der Waals surface area contributed by atoms with Gasteiger partial charge in [-0.2, -0.15) is 11.8 Å². The highest BCUT2D eigenvalue weighted by Crippen LogP contribution is 2.19. The zero-order chi connectivity index (χ0) is 13.6. The van der Waals surface area contributed by atoms with Crippen LogP contribution < -0.4 is 5.32 Å². The lowest BCUT2D eigenvalue weighted by molar-refractivity contribution is 0.168. The number of thioether (sulfide) groups is 1. The van der Waals surface area contributed by atoms with Crippen molar-refractivity contribution >= 4 is 21.6 Å². The molecule has 0 aromatic heterocycles. The van der Waals surface area contributed by atoms with Crippen LogP contribution >= 0.6 is 11.8 Å². The summed E-state index contributed by atoms with van der Waals surface area (Å²) in [5, 5.41) is 3.01. The largest absolute Gasteiger partial charge is 0.383 e. The van der Waals surface area contributed by atoms with Crippen LogP contribution in [-0.4, -0.2) is 75.8 Å². The minimum Gasteiger partial charge on any atom is -0.383 e. The van der Waals surface area contributed by atoms with Gasteiger partial charge in [0.2, 0.25) is 0 Å². The molecule has 0 bridgehead atoms. The van der Waals surface area contributed by atoms with Gasteiger partial charge in [-0.25, -0.2) is 8.42 Å². The molecule has 1 aliphatic rings. The molecule has 18 heavy (non-hydrogen) atoms. The highest BCUT2D eigenvalue weighted by atomic mass is 32.2. The van der Waals surface area contributed by atoms with Crippen molar-refractivity contribution in [2.45, 2.75) is 18.3 Å². The molecular formula is C11H24N2O3S2. The van der Waals surface area contributed by atoms with E-state index in [4.69, 9.17) is 4.74 Å². The van der Waals surface area contributed by atoms with E-state index in [0.29, 0.717) is 18.4 Å². The first kappa shape index (κ1) is 16.2. The molecule has 0 radical (unpaired) electrons. The minimum absolute atomic E-state index is 0.297. The molecule has 2 atom stereocenters. The molecule has 1 saturated heterocycles. The van der Waals surface area contributed by atoms with Gasteiger partial charge in [0.15, 0.2) is 9.84 Å². The van der Waals surface area contributed by atoms with Crippen molar-refractivity contribution < 1.29 is 13.2 Å². The number of nitrogens with one attached hydrogen (secondary N) is 1. The summed E-state index contributed by atoms with van der Waals surface area (Å²) in [6.45, 7) is 5.14. The van der Waals surface area contributed by atoms with Gasteiger partial charge in [-0.3, -0.25) is 4.90 Å². The van der Waals surface area contributed by atoms with Crippen molar-refractivity contribution in [1.29, 1.82) is 0 Å². The fraction of sp³-hybridized carbons (Fsp3) is 1.00. The standard InChI is InChI=1S/C11H24N2O3S2/c1-10(8-16-2)12-4-5-13-6-7-17-9-11(13)18(3,14)15/h10-12H,4-9H2,1-3H3. The highest BCUT2D eigenvalue weighted by Gasteiger charge is 2.30. The number of sulfone groups is 1. The lowest BCUT2D eigenvalue weighted by Crippen LogP contribution is -2.49. The van der Waals surface area contributed by atoms with Gasteiger partial charge in [0.25, 0.3) is 0 Å². The summed E-state index contributed by atoms with van der Waals surface area (Å²) in [5.41, 5.74) is 0. The molecule has 0 saturated carbocycles. The Labute approximate surface area is 115 Å². The number of hydrogen-bond acceptors (Lipinski definition) is 6. The zero-order valence-corrected chi connectivity index (χ0v) is 13.0. The fourth-order valence-corrected chi connectivity index (χ4v) is 5.00. The van der Waals surface area contributed by atoms with Crippen LogP contribution in [0, 0.1) is 0 Å². The van der Waals surface area contributed by atoms with Crippen LogP contribution in [0.4, 0.5) is 0 Å². The summed E-state index contributed by atoms with van der Waals surface area (Å²) in [5.74, 6) is 1.70. The van der Waals surface area contributed by atoms with Crippen molar-refractivity contribution in [3.63, 3.8) is 0 Å². The van der Waals surface area contributed by atoms with Gasteiger partial charge in [0, 0.05) is 50.5 Å². The molecule has 0 aromatic carbocycles. The smallest absolute Gasteiger partial charge is 0.164 e. The Kier molecular flexibility index (Phi) is 6.94. The first-order valence-corrected chi connectivity index (χ1v) is 9.29. The number of rotatable bonds is 7. The Bertz CT molecular complexity index is 335. The average molecular weight is 296 g/mol. The van der Waals surface area contributed by atoms with Crippen LogP contribution in [-0.2, 0) is 14.6 Å². The Morgan fingerprint density at radius 2 is 2.28 bits per heavy atom. The molecule has 0 spiro atoms. The van der Waals surface area contributed by atoms with Gasteiger partial charge in [-0.15, -0.1) is 0 Å². The average Bonchev–Trinajstić information content (AvgIpc) is 2.28. The van der Waals surface area contributed by atoms with Gasteiger partial charge < -0.3 is 10.1 Å². The van der Waals surface area contributed by atoms with Crippen molar-refractivity contribution in [2.75, 3.05) is 51.1 Å². The molecule has 7 heteroatoms. The van der Waals surface area contributed by atoms with Gasteiger partial charge >= 0.3 is 0 Å². The van der Waals surface area contributed by atoms with E-state index in [1.165, 1.54) is 6.26 Å². The summed E-state index contributed by atoms with van der Waals surface area (Å²) in [6, 6.07) is 0.297. The molecule has 0 amide bonds. The van der Waals surface area contributed by atoms with Gasteiger partial charge in [-0.1, -0.05) is 0 Å². The van der Waals surface area contributed by atoms with E-state index >= 15 is 0 Å². The molecule has 1 aliphatic heterocycles. The van der Waals surface area contributed by atoms with E-state index < -0.39 is 9.84 Å². The normalized spacial score (nSPS) is 24.1. The van der Waals surface area contributed by atoms with E-state index in [1.807, 2.05) is 0 Å². The van der Waals surface area contributed by atoms with Crippen molar-refractivity contribution in [3.05, 3.63) is 0 Å². The first-order chi connectivity index (χ1) is 8.45. The van der Waals surface area contributed by atoms with Gasteiger partial charge in [0.1, 0.15) is 5.37 Å². The topological polar surface area (TPSA) is 58.6 Å². The van der Waals surface area contributed by atoms with Crippen LogP contribution in [0.5, 0.6) is 0 Å². The van der Waals surface area contributed by atoms with Crippen LogP contribution in [0.3, 0.4) is 0 Å². The van der Waals surface area contributed by atoms with Crippen LogP contribution in [0.1, 0.15) is 6.92 Å². The number of hydrogen-bond donors (Lipinski definition) is 1. The van der Waals surface area contributed by atoms with E-state index in [-0.39, 0.29) is 5.37 Å². The number of nitrogens with zero attached hydrogens (tertiary/aromatic N) is 1.